The van der Waals surface area contributed by atoms with E-state index in [-0.39, 0.29) is 11.4 Å². The Hall–Kier alpha value is -6.54. The molecule has 6 aromatic rings. The molecule has 7 N–H and O–H groups in total. The third-order valence-electron chi connectivity index (χ3n) is 13.2. The minimum absolute atomic E-state index is 0.278. The molecule has 68 heavy (non-hydrogen) atoms. The summed E-state index contributed by atoms with van der Waals surface area (Å²) < 4.78 is 30.0. The third kappa shape index (κ3) is 11.6. The summed E-state index contributed by atoms with van der Waals surface area (Å²) in [6, 6.07) is 12.1. The molecule has 4 aliphatic rings. The maximum atomic E-state index is 13.5. The van der Waals surface area contributed by atoms with Crippen molar-refractivity contribution in [2.45, 2.75) is 134 Å². The van der Waals surface area contributed by atoms with Gasteiger partial charge in [0.15, 0.2) is 22.7 Å². The molecule has 0 radical (unpaired) electrons. The molecule has 360 valence electrons. The number of carbonyl (C=O) groups excluding carboxylic acids is 2. The lowest BCUT2D eigenvalue weighted by Crippen LogP contribution is -2.40. The highest BCUT2D eigenvalue weighted by atomic mass is 19.1. The van der Waals surface area contributed by atoms with Crippen molar-refractivity contribution in [3.8, 4) is 0 Å². The molecule has 0 spiro atoms. The lowest BCUT2D eigenvalue weighted by atomic mass is 9.90. The number of fused-ring (bicyclic) bond motifs is 2. The number of amides is 2. The van der Waals surface area contributed by atoms with Crippen LogP contribution in [-0.2, 0) is 0 Å². The second-order valence-corrected chi connectivity index (χ2v) is 18.2. The van der Waals surface area contributed by atoms with Gasteiger partial charge < -0.3 is 42.1 Å². The Kier molecular flexibility index (Phi) is 14.5. The lowest BCUT2D eigenvalue weighted by Gasteiger charge is -2.36. The van der Waals surface area contributed by atoms with E-state index in [1.54, 1.807) is 15.1 Å². The molecule has 0 aromatic carbocycles. The summed E-state index contributed by atoms with van der Waals surface area (Å²) in [5.74, 6) is -0.716. The summed E-state index contributed by atoms with van der Waals surface area (Å²) in [6.07, 6.45) is 19.0. The van der Waals surface area contributed by atoms with Gasteiger partial charge in [-0.15, -0.1) is 10.2 Å². The summed E-state index contributed by atoms with van der Waals surface area (Å²) in [7, 11) is 0. The highest BCUT2D eigenvalue weighted by Gasteiger charge is 2.29. The fourth-order valence-electron chi connectivity index (χ4n) is 9.32. The first-order valence-electron chi connectivity index (χ1n) is 24.3. The second-order valence-electron chi connectivity index (χ2n) is 18.2. The lowest BCUT2D eigenvalue weighted by molar-refractivity contribution is 0.101. The maximum Gasteiger partial charge on any atom is 0.276 e. The van der Waals surface area contributed by atoms with Crippen LogP contribution in [0.3, 0.4) is 0 Å². The van der Waals surface area contributed by atoms with E-state index >= 15 is 0 Å². The first-order chi connectivity index (χ1) is 33.1. The number of anilines is 6. The number of nitrogens with zero attached hydrogens (tertiary/aromatic N) is 9. The maximum absolute atomic E-state index is 13.5. The first-order valence-corrected chi connectivity index (χ1v) is 24.3. The molecule has 10 rings (SSSR count). The summed E-state index contributed by atoms with van der Waals surface area (Å²) >= 11 is 0. The van der Waals surface area contributed by atoms with Crippen LogP contribution in [0.2, 0.25) is 0 Å². The van der Waals surface area contributed by atoms with Gasteiger partial charge in [0.1, 0.15) is 11.6 Å². The minimum atomic E-state index is -0.657. The largest absolute Gasteiger partial charge is 0.379 e. The summed E-state index contributed by atoms with van der Waals surface area (Å²) in [5.41, 5.74) is 4.11. The van der Waals surface area contributed by atoms with Gasteiger partial charge >= 0.3 is 0 Å². The highest BCUT2D eigenvalue weighted by molar-refractivity contribution is 6.04. The van der Waals surface area contributed by atoms with Gasteiger partial charge in [-0.25, -0.2) is 29.0 Å². The van der Waals surface area contributed by atoms with Crippen molar-refractivity contribution in [2.75, 3.05) is 51.5 Å². The number of nitrogens with one attached hydrogen (secondary N) is 7. The van der Waals surface area contributed by atoms with Crippen molar-refractivity contribution in [3.05, 3.63) is 84.5 Å². The molecule has 0 unspecified atom stereocenters. The average molecular weight is 933 g/mol. The van der Waals surface area contributed by atoms with E-state index < -0.39 is 23.7 Å². The standard InChI is InChI=1S/C25H33FN8O.C23H29FN8O/c1-3-33(4-2)19-9-7-17(8-10-19)30-23-14-20(29-16-5-6-16)24-28-15-21(34(24)32-23)25(35)31-18-11-12-27-22(26)13-18;1-2-25-14-3-5-16(6-4-14)29-21-12-18(28-15-7-8-15)22-27-13-19(32(22)31-21)23(33)30-17-9-10-26-20(24)11-17/h11-17,19,29H,3-10H2,1-2H3,(H,30,32)(H,27,31,35);9-16,25,28H,2-8H2,1H3,(H,29,31)(H,26,30,33). The Morgan fingerprint density at radius 3 is 1.40 bits per heavy atom. The van der Waals surface area contributed by atoms with Crippen LogP contribution in [-0.4, -0.2) is 112 Å². The number of hydrogen-bond acceptors (Lipinski definition) is 14. The fourth-order valence-corrected chi connectivity index (χ4v) is 9.32. The van der Waals surface area contributed by atoms with Gasteiger partial charge in [-0.3, -0.25) is 9.59 Å². The van der Waals surface area contributed by atoms with Crippen molar-refractivity contribution >= 4 is 57.5 Å². The minimum Gasteiger partial charge on any atom is -0.379 e. The van der Waals surface area contributed by atoms with E-state index in [1.165, 1.54) is 43.0 Å². The SMILES string of the molecule is CCN(CC)C1CCC(Nc2cc(NC3CC3)c3ncc(C(=O)Nc4ccnc(F)c4)n3n2)CC1.CCNC1CCC(Nc2cc(NC3CC3)c3ncc(C(=O)Nc4ccnc(F)c4)n3n2)CC1. The number of carbonyl (C=O) groups is 2. The molecule has 6 aromatic heterocycles. The molecule has 20 heteroatoms. The number of pyridine rings is 2. The van der Waals surface area contributed by atoms with E-state index in [1.807, 2.05) is 12.1 Å². The summed E-state index contributed by atoms with van der Waals surface area (Å²) in [4.78, 5) is 44.5. The summed E-state index contributed by atoms with van der Waals surface area (Å²) in [6.45, 7) is 9.77. The molecule has 4 aliphatic carbocycles. The van der Waals surface area contributed by atoms with Crippen LogP contribution in [0.5, 0.6) is 0 Å². The van der Waals surface area contributed by atoms with E-state index in [9.17, 15) is 18.4 Å². The Bertz CT molecular complexity index is 2680. The van der Waals surface area contributed by atoms with Crippen molar-refractivity contribution in [1.29, 1.82) is 0 Å². The van der Waals surface area contributed by atoms with Gasteiger partial charge in [-0.05, 0) is 109 Å². The molecule has 4 fully saturated rings. The van der Waals surface area contributed by atoms with Crippen LogP contribution in [0.15, 0.2) is 61.2 Å². The third-order valence-corrected chi connectivity index (χ3v) is 13.2. The van der Waals surface area contributed by atoms with E-state index in [2.05, 4.69) is 82.8 Å². The number of aromatic nitrogens is 8. The molecule has 4 saturated carbocycles. The Labute approximate surface area is 394 Å². The van der Waals surface area contributed by atoms with Crippen molar-refractivity contribution in [3.63, 3.8) is 0 Å². The predicted octanol–water partition coefficient (Wildman–Crippen LogP) is 7.58. The van der Waals surface area contributed by atoms with Gasteiger partial charge in [0.2, 0.25) is 11.9 Å². The van der Waals surface area contributed by atoms with Gasteiger partial charge in [-0.2, -0.15) is 8.78 Å². The molecule has 6 heterocycles. The molecule has 0 bridgehead atoms. The number of imidazole rings is 2. The van der Waals surface area contributed by atoms with Crippen LogP contribution in [0.1, 0.15) is 119 Å². The van der Waals surface area contributed by atoms with Crippen molar-refractivity contribution < 1.29 is 18.4 Å². The average Bonchev–Trinajstić information content (AvgIpc) is 4.25. The van der Waals surface area contributed by atoms with E-state index in [0.29, 0.717) is 70.6 Å². The molecule has 0 aliphatic heterocycles. The normalized spacial score (nSPS) is 20.4. The Balaban J connectivity index is 0.000000170. The summed E-state index contributed by atoms with van der Waals surface area (Å²) in [5, 5.41) is 32.6. The van der Waals surface area contributed by atoms with Crippen LogP contribution >= 0.6 is 0 Å². The van der Waals surface area contributed by atoms with Crippen molar-refractivity contribution in [1.82, 2.24) is 49.4 Å². The second kappa shape index (κ2) is 21.2. The zero-order valence-electron chi connectivity index (χ0n) is 38.9. The molecule has 2 amide bonds. The monoisotopic (exact) mass is 933 g/mol. The Morgan fingerprint density at radius 1 is 0.574 bits per heavy atom. The molecule has 18 nitrogen and oxygen atoms in total. The number of halogens is 2. The molecular weight excluding hydrogens is 871 g/mol. The zero-order valence-corrected chi connectivity index (χ0v) is 38.9. The van der Waals surface area contributed by atoms with Crippen LogP contribution < -0.4 is 37.2 Å². The number of rotatable bonds is 17. The van der Waals surface area contributed by atoms with Gasteiger partial charge in [-0.1, -0.05) is 20.8 Å². The topological polar surface area (TPSA) is 208 Å². The fraction of sp³-hybridized carbons (Fsp3) is 0.500. The quantitative estimate of drug-likeness (QED) is 0.0441. The zero-order chi connectivity index (χ0) is 47.1. The van der Waals surface area contributed by atoms with Gasteiger partial charge in [0.05, 0.1) is 23.8 Å². The van der Waals surface area contributed by atoms with E-state index in [0.717, 1.165) is 108 Å². The molecule has 0 atom stereocenters. The van der Waals surface area contributed by atoms with E-state index in [4.69, 9.17) is 10.2 Å². The smallest absolute Gasteiger partial charge is 0.276 e. The first kappa shape index (κ1) is 46.6. The predicted molar refractivity (Wildman–Crippen MR) is 259 cm³/mol. The van der Waals surface area contributed by atoms with Crippen LogP contribution in [0.4, 0.5) is 43.2 Å². The molecular formula is C48H62F2N16O2. The van der Waals surface area contributed by atoms with Crippen LogP contribution in [0, 0.1) is 11.9 Å². The van der Waals surface area contributed by atoms with Crippen LogP contribution in [0.25, 0.3) is 11.3 Å². The molecule has 0 saturated heterocycles. The highest BCUT2D eigenvalue weighted by Crippen LogP contribution is 2.32. The van der Waals surface area contributed by atoms with Gasteiger partial charge in [0, 0.05) is 84.3 Å². The van der Waals surface area contributed by atoms with Crippen molar-refractivity contribution in [2.24, 2.45) is 0 Å². The Morgan fingerprint density at radius 2 is 0.985 bits per heavy atom. The van der Waals surface area contributed by atoms with Gasteiger partial charge in [0.25, 0.3) is 11.8 Å². The number of hydrogen-bond donors (Lipinski definition) is 7.